The molecule has 0 saturated carbocycles. The van der Waals surface area contributed by atoms with Crippen molar-refractivity contribution in [3.05, 3.63) is 39.1 Å². The Kier molecular flexibility index (Phi) is 10.2. The molecule has 2 aromatic carbocycles. The van der Waals surface area contributed by atoms with Gasteiger partial charge in [-0.2, -0.15) is 0 Å². The summed E-state index contributed by atoms with van der Waals surface area (Å²) >= 11 is 13.2. The normalized spacial score (nSPS) is 12.1. The minimum absolute atomic E-state index is 0.273. The zero-order chi connectivity index (χ0) is 20.5. The summed E-state index contributed by atoms with van der Waals surface area (Å²) in [4.78, 5) is 13.2. The molecular weight excluding hydrogens is 1030 g/mol. The Morgan fingerprint density at radius 2 is 1.44 bits per heavy atom. The predicted molar refractivity (Wildman–Crippen MR) is 161 cm³/mol. The van der Waals surface area contributed by atoms with E-state index in [0.29, 0.717) is 23.5 Å². The average molecular weight is 1040 g/mol. The van der Waals surface area contributed by atoms with Crippen molar-refractivity contribution in [1.29, 1.82) is 0 Å². The highest BCUT2D eigenvalue weighted by molar-refractivity contribution is 14.1. The molecule has 10 heteroatoms. The van der Waals surface area contributed by atoms with Gasteiger partial charge in [0.2, 0.25) is 0 Å². The molecule has 0 aliphatic rings. The van der Waals surface area contributed by atoms with Crippen molar-refractivity contribution in [2.45, 2.75) is 25.7 Å². The minimum Gasteiger partial charge on any atom is -0.424 e. The van der Waals surface area contributed by atoms with Crippen LogP contribution < -0.4 is 16.2 Å². The monoisotopic (exact) mass is 1040 g/mol. The first kappa shape index (κ1) is 25.2. The second-order valence-electron chi connectivity index (χ2n) is 5.64. The van der Waals surface area contributed by atoms with E-state index in [1.54, 1.807) is 0 Å². The second-order valence-corrected chi connectivity index (χ2v) is 12.4. The van der Waals surface area contributed by atoms with Gasteiger partial charge in [-0.25, -0.2) is 0 Å². The molecule has 0 fully saturated rings. The number of anilines is 2. The van der Waals surface area contributed by atoms with Crippen molar-refractivity contribution in [1.82, 2.24) is 0 Å². The van der Waals surface area contributed by atoms with Crippen LogP contribution in [0, 0.1) is 21.4 Å². The molecule has 0 amide bonds. The van der Waals surface area contributed by atoms with E-state index in [2.05, 4.69) is 142 Å². The van der Waals surface area contributed by atoms with Crippen molar-refractivity contribution in [2.75, 3.05) is 11.5 Å². The van der Waals surface area contributed by atoms with Gasteiger partial charge in [-0.05, 0) is 160 Å². The first-order valence-corrected chi connectivity index (χ1v) is 14.1. The smallest absolute Gasteiger partial charge is 0.318 e. The maximum absolute atomic E-state index is 13.2. The molecule has 0 radical (unpaired) electrons. The van der Waals surface area contributed by atoms with Crippen molar-refractivity contribution >= 4 is 153 Å². The number of hydrogen-bond donors (Lipinski definition) is 2. The third-order valence-electron chi connectivity index (χ3n) is 3.82. The molecule has 0 spiro atoms. The summed E-state index contributed by atoms with van der Waals surface area (Å²) in [5.74, 6) is -0.117. The summed E-state index contributed by atoms with van der Waals surface area (Å²) in [6, 6.07) is 3.94. The largest absolute Gasteiger partial charge is 0.424 e. The number of halogens is 6. The molecule has 0 heterocycles. The number of benzene rings is 2. The molecule has 4 N–H and O–H groups in total. The molecule has 0 bridgehead atoms. The van der Waals surface area contributed by atoms with Gasteiger partial charge >= 0.3 is 5.97 Å². The van der Waals surface area contributed by atoms with Gasteiger partial charge in [0.25, 0.3) is 0 Å². The van der Waals surface area contributed by atoms with Gasteiger partial charge in [-0.15, -0.1) is 0 Å². The number of nitrogens with two attached hydrogens (primary N) is 2. The van der Waals surface area contributed by atoms with Crippen LogP contribution in [0.5, 0.6) is 5.75 Å². The topological polar surface area (TPSA) is 78.3 Å². The summed E-state index contributed by atoms with van der Waals surface area (Å²) in [7, 11) is 0. The molecule has 27 heavy (non-hydrogen) atoms. The van der Waals surface area contributed by atoms with E-state index in [0.717, 1.165) is 33.4 Å². The minimum atomic E-state index is -0.375. The number of hydrogen-bond acceptors (Lipinski definition) is 4. The molecule has 4 nitrogen and oxygen atoms in total. The Morgan fingerprint density at radius 3 is 2.00 bits per heavy atom. The first-order chi connectivity index (χ1) is 12.6. The van der Waals surface area contributed by atoms with E-state index in [-0.39, 0.29) is 11.9 Å². The molecule has 0 aliphatic heterocycles. The number of esters is 1. The summed E-state index contributed by atoms with van der Waals surface area (Å²) in [6.45, 7) is 2.06. The predicted octanol–water partition coefficient (Wildman–Crippen LogP) is 6.97. The molecule has 146 valence electrons. The molecule has 0 saturated heterocycles. The second kappa shape index (κ2) is 11.0. The number of nitrogen functional groups attached to an aromatic ring is 2. The highest BCUT2D eigenvalue weighted by atomic mass is 127. The summed E-state index contributed by atoms with van der Waals surface area (Å²) in [5.41, 5.74) is 14.7. The van der Waals surface area contributed by atoms with E-state index in [1.165, 1.54) is 0 Å². The Balaban J connectivity index is 2.50. The van der Waals surface area contributed by atoms with Gasteiger partial charge in [0.1, 0.15) is 0 Å². The van der Waals surface area contributed by atoms with Gasteiger partial charge in [-0.1, -0.05) is 13.3 Å². The molecule has 0 aliphatic carbocycles. The van der Waals surface area contributed by atoms with Crippen molar-refractivity contribution in [3.8, 4) is 5.75 Å². The molecular formula is C17H14I6N2O2. The Hall–Kier alpha value is 1.89. The summed E-state index contributed by atoms with van der Waals surface area (Å²) in [6.07, 6.45) is 1.55. The van der Waals surface area contributed by atoms with Crippen LogP contribution in [-0.4, -0.2) is 5.97 Å². The lowest BCUT2D eigenvalue weighted by Crippen LogP contribution is -2.22. The maximum atomic E-state index is 13.2. The zero-order valence-electron chi connectivity index (χ0n) is 13.9. The van der Waals surface area contributed by atoms with E-state index in [4.69, 9.17) is 16.2 Å². The van der Waals surface area contributed by atoms with Crippen molar-refractivity contribution in [3.63, 3.8) is 0 Å². The van der Waals surface area contributed by atoms with Crippen LogP contribution >= 0.6 is 136 Å². The Morgan fingerprint density at radius 1 is 0.926 bits per heavy atom. The lowest BCUT2D eigenvalue weighted by Gasteiger charge is -2.21. The molecule has 1 atom stereocenters. The van der Waals surface area contributed by atoms with Crippen LogP contribution in [0.25, 0.3) is 0 Å². The molecule has 0 aromatic heterocycles. The summed E-state index contributed by atoms with van der Waals surface area (Å²) in [5, 5.41) is 0. The number of carbonyl (C=O) groups excluding carboxylic acids is 1. The van der Waals surface area contributed by atoms with Crippen LogP contribution in [0.1, 0.15) is 31.2 Å². The van der Waals surface area contributed by atoms with Crippen LogP contribution in [0.4, 0.5) is 11.4 Å². The van der Waals surface area contributed by atoms with Gasteiger partial charge in [0.05, 0.1) is 24.4 Å². The van der Waals surface area contributed by atoms with Crippen molar-refractivity contribution in [2.24, 2.45) is 0 Å². The highest BCUT2D eigenvalue weighted by Gasteiger charge is 2.29. The fraction of sp³-hybridized carbons (Fsp3) is 0.235. The van der Waals surface area contributed by atoms with Crippen LogP contribution in [0.15, 0.2) is 12.1 Å². The first-order valence-electron chi connectivity index (χ1n) is 7.67. The lowest BCUT2D eigenvalue weighted by molar-refractivity contribution is -0.136. The fourth-order valence-electron chi connectivity index (χ4n) is 2.46. The van der Waals surface area contributed by atoms with Gasteiger partial charge in [-0.3, -0.25) is 4.79 Å². The van der Waals surface area contributed by atoms with Gasteiger partial charge in [0.15, 0.2) is 5.75 Å². The Bertz CT molecular complexity index is 904. The molecule has 2 rings (SSSR count). The Labute approximate surface area is 240 Å². The van der Waals surface area contributed by atoms with Crippen LogP contribution in [0.3, 0.4) is 0 Å². The van der Waals surface area contributed by atoms with E-state index in [9.17, 15) is 4.79 Å². The molecule has 2 aromatic rings. The third-order valence-corrected chi connectivity index (χ3v) is 9.53. The van der Waals surface area contributed by atoms with Gasteiger partial charge in [0, 0.05) is 14.3 Å². The van der Waals surface area contributed by atoms with Crippen LogP contribution in [-0.2, 0) is 4.79 Å². The van der Waals surface area contributed by atoms with Gasteiger partial charge < -0.3 is 16.2 Å². The quantitative estimate of drug-likeness (QED) is 0.147. The number of rotatable bonds is 5. The standard InChI is InChI=1S/C17H14I6N2O2/c1-2-3-6(11-7(18)4-8(19)14(24)12(11)22)17(26)27-16-10(21)5-9(20)15(25)13(16)23/h4-6H,2-3,24-25H2,1H3. The summed E-state index contributed by atoms with van der Waals surface area (Å²) < 4.78 is 11.4. The highest BCUT2D eigenvalue weighted by Crippen LogP contribution is 2.39. The maximum Gasteiger partial charge on any atom is 0.318 e. The third kappa shape index (κ3) is 5.78. The van der Waals surface area contributed by atoms with E-state index in [1.807, 2.05) is 12.1 Å². The van der Waals surface area contributed by atoms with E-state index < -0.39 is 0 Å². The average Bonchev–Trinajstić information content (AvgIpc) is 2.60. The molecule has 1 unspecified atom stereocenters. The number of ether oxygens (including phenoxy) is 1. The van der Waals surface area contributed by atoms with E-state index >= 15 is 0 Å². The SMILES string of the molecule is CCCC(C(=O)Oc1c(I)cc(I)c(N)c1I)c1c(I)cc(I)c(N)c1I. The van der Waals surface area contributed by atoms with Crippen LogP contribution in [0.2, 0.25) is 0 Å². The fourth-order valence-corrected chi connectivity index (χ4v) is 10.2. The zero-order valence-corrected chi connectivity index (χ0v) is 26.8. The number of carbonyl (C=O) groups is 1. The lowest BCUT2D eigenvalue weighted by atomic mass is 9.94. The van der Waals surface area contributed by atoms with Crippen molar-refractivity contribution < 1.29 is 9.53 Å².